The summed E-state index contributed by atoms with van der Waals surface area (Å²) in [6.45, 7) is 4.09. The van der Waals surface area contributed by atoms with Crippen molar-refractivity contribution >= 4 is 30.0 Å². The summed E-state index contributed by atoms with van der Waals surface area (Å²) >= 11 is 0. The molecule has 4 atom stereocenters. The lowest BCUT2D eigenvalue weighted by Gasteiger charge is -2.26. The number of aryl methyl sites for hydroxylation is 1. The molecule has 2 aromatic carbocycles. The summed E-state index contributed by atoms with van der Waals surface area (Å²) in [6.07, 6.45) is 0.890. The summed E-state index contributed by atoms with van der Waals surface area (Å²) < 4.78 is 0. The van der Waals surface area contributed by atoms with Crippen LogP contribution in [0.1, 0.15) is 50.7 Å². The topological polar surface area (TPSA) is 209 Å². The third kappa shape index (κ3) is 13.4. The first kappa shape index (κ1) is 34.7. The number of carbonyl (C=O) groups is 4. The molecule has 0 radical (unpaired) electrons. The quantitative estimate of drug-likeness (QED) is 0.0562. The highest BCUT2D eigenvalue weighted by atomic mass is 16.3. The Bertz CT molecular complexity index is 1200. The van der Waals surface area contributed by atoms with Crippen molar-refractivity contribution in [2.75, 3.05) is 6.54 Å². The van der Waals surface area contributed by atoms with E-state index in [2.05, 4.69) is 20.9 Å². The number of amides is 3. The van der Waals surface area contributed by atoms with Gasteiger partial charge in [-0.05, 0) is 61.3 Å². The first-order valence-electron chi connectivity index (χ1n) is 14.4. The highest BCUT2D eigenvalue weighted by Gasteiger charge is 2.29. The van der Waals surface area contributed by atoms with Crippen molar-refractivity contribution in [1.82, 2.24) is 16.0 Å². The summed E-state index contributed by atoms with van der Waals surface area (Å²) in [5.41, 5.74) is 12.2. The summed E-state index contributed by atoms with van der Waals surface area (Å²) in [6, 6.07) is 12.7. The normalized spacial score (nSPS) is 13.7. The van der Waals surface area contributed by atoms with E-state index in [1.807, 2.05) is 44.2 Å². The summed E-state index contributed by atoms with van der Waals surface area (Å²) in [4.78, 5) is 55.2. The van der Waals surface area contributed by atoms with Crippen LogP contribution in [-0.2, 0) is 32.0 Å². The van der Waals surface area contributed by atoms with E-state index >= 15 is 0 Å². The van der Waals surface area contributed by atoms with Gasteiger partial charge in [0, 0.05) is 13.0 Å². The molecule has 0 unspecified atom stereocenters. The Kier molecular flexibility index (Phi) is 14.7. The number of hydrogen-bond donors (Lipinski definition) is 7. The summed E-state index contributed by atoms with van der Waals surface area (Å²) in [7, 11) is 0. The van der Waals surface area contributed by atoms with Gasteiger partial charge in [0.15, 0.2) is 5.96 Å². The molecule has 0 aliphatic rings. The van der Waals surface area contributed by atoms with Crippen LogP contribution >= 0.6 is 0 Å². The molecule has 0 spiro atoms. The minimum atomic E-state index is -1.45. The number of aliphatic hydroxyl groups is 1. The van der Waals surface area contributed by atoms with E-state index in [-0.39, 0.29) is 30.5 Å². The number of rotatable bonds is 18. The number of nitrogens with two attached hydrogens (primary N) is 2. The van der Waals surface area contributed by atoms with Crippen LogP contribution in [0.4, 0.5) is 0 Å². The van der Waals surface area contributed by atoms with E-state index in [9.17, 15) is 29.4 Å². The minimum absolute atomic E-state index is 0.0201. The third-order valence-electron chi connectivity index (χ3n) is 6.67. The molecule has 0 fully saturated rings. The van der Waals surface area contributed by atoms with E-state index in [1.165, 1.54) is 12.1 Å². The fourth-order valence-corrected chi connectivity index (χ4v) is 4.39. The van der Waals surface area contributed by atoms with Gasteiger partial charge >= 0.3 is 0 Å². The zero-order valence-electron chi connectivity index (χ0n) is 24.7. The zero-order chi connectivity index (χ0) is 31.8. The van der Waals surface area contributed by atoms with Crippen molar-refractivity contribution < 1.29 is 29.4 Å². The second-order valence-corrected chi connectivity index (χ2v) is 10.9. The lowest BCUT2D eigenvalue weighted by atomic mass is 10.00. The van der Waals surface area contributed by atoms with Gasteiger partial charge in [-0.25, -0.2) is 0 Å². The number of aromatic hydroxyl groups is 1. The van der Waals surface area contributed by atoms with Crippen molar-refractivity contribution in [1.29, 1.82) is 0 Å². The number of aliphatic hydroxyl groups excluding tert-OH is 1. The van der Waals surface area contributed by atoms with Gasteiger partial charge in [0.05, 0.1) is 6.04 Å². The molecule has 0 heterocycles. The van der Waals surface area contributed by atoms with Crippen LogP contribution < -0.4 is 27.4 Å². The lowest BCUT2D eigenvalue weighted by molar-refractivity contribution is -0.135. The molecule has 0 saturated carbocycles. The maximum Gasteiger partial charge on any atom is 0.249 e. The molecule has 0 aliphatic carbocycles. The maximum absolute atomic E-state index is 13.5. The van der Waals surface area contributed by atoms with Crippen LogP contribution in [-0.4, -0.2) is 71.0 Å². The number of aldehydes is 1. The van der Waals surface area contributed by atoms with Gasteiger partial charge in [0.2, 0.25) is 17.7 Å². The number of aliphatic imine (C=N–C) groups is 1. The van der Waals surface area contributed by atoms with Crippen LogP contribution in [0.25, 0.3) is 0 Å². The van der Waals surface area contributed by atoms with Crippen LogP contribution in [0.2, 0.25) is 0 Å². The summed E-state index contributed by atoms with van der Waals surface area (Å²) in [5.74, 6) is -1.83. The molecule has 12 heteroatoms. The van der Waals surface area contributed by atoms with Crippen molar-refractivity contribution in [2.45, 2.75) is 76.6 Å². The fraction of sp³-hybridized carbons (Fsp3) is 0.452. The molecule has 0 aliphatic heterocycles. The average Bonchev–Trinajstić information content (AvgIpc) is 2.97. The molecule has 2 aromatic rings. The van der Waals surface area contributed by atoms with Crippen molar-refractivity contribution in [3.8, 4) is 5.75 Å². The van der Waals surface area contributed by atoms with Gasteiger partial charge in [-0.1, -0.05) is 56.3 Å². The van der Waals surface area contributed by atoms with Gasteiger partial charge < -0.3 is 42.4 Å². The second-order valence-electron chi connectivity index (χ2n) is 10.9. The molecular weight excluding hydrogens is 552 g/mol. The average molecular weight is 597 g/mol. The number of nitrogens with zero attached hydrogens (tertiary/aromatic N) is 1. The predicted molar refractivity (Wildman–Crippen MR) is 164 cm³/mol. The number of carbonyl (C=O) groups excluding carboxylic acids is 4. The van der Waals surface area contributed by atoms with Gasteiger partial charge in [0.1, 0.15) is 30.2 Å². The number of nitrogens with one attached hydrogen (secondary N) is 3. The first-order chi connectivity index (χ1) is 20.5. The molecule has 0 bridgehead atoms. The largest absolute Gasteiger partial charge is 0.508 e. The number of phenolic OH excluding ortho intramolecular Hbond substituents is 1. The molecule has 43 heavy (non-hydrogen) atoms. The zero-order valence-corrected chi connectivity index (χ0v) is 24.7. The maximum atomic E-state index is 13.5. The molecule has 3 amide bonds. The van der Waals surface area contributed by atoms with E-state index in [0.29, 0.717) is 44.1 Å². The molecule has 12 nitrogen and oxygen atoms in total. The second kappa shape index (κ2) is 18.2. The van der Waals surface area contributed by atoms with Crippen LogP contribution in [0.5, 0.6) is 5.75 Å². The van der Waals surface area contributed by atoms with Gasteiger partial charge in [-0.2, -0.15) is 0 Å². The van der Waals surface area contributed by atoms with Crippen molar-refractivity contribution in [3.63, 3.8) is 0 Å². The SMILES string of the molecule is CC(C)C[C@H](NC(=O)[C@H](CCc1ccccc1)NC(=O)[C@H](O)Cc1ccc(O)cc1)C(=O)N[C@H](C=O)CCCN=C(N)N. The predicted octanol–water partition coefficient (Wildman–Crippen LogP) is 0.681. The van der Waals surface area contributed by atoms with Crippen LogP contribution in [0.15, 0.2) is 59.6 Å². The number of benzene rings is 2. The van der Waals surface area contributed by atoms with E-state index in [4.69, 9.17) is 11.5 Å². The molecule has 9 N–H and O–H groups in total. The van der Waals surface area contributed by atoms with Gasteiger partial charge in [-0.3, -0.25) is 19.4 Å². The molecule has 2 rings (SSSR count). The number of guanidine groups is 1. The first-order valence-corrected chi connectivity index (χ1v) is 14.4. The number of phenols is 1. The molecule has 234 valence electrons. The molecule has 0 saturated heterocycles. The third-order valence-corrected chi connectivity index (χ3v) is 6.67. The highest BCUT2D eigenvalue weighted by Crippen LogP contribution is 2.13. The fourth-order valence-electron chi connectivity index (χ4n) is 4.39. The lowest BCUT2D eigenvalue weighted by Crippen LogP contribution is -2.56. The minimum Gasteiger partial charge on any atom is -0.508 e. The van der Waals surface area contributed by atoms with Crippen LogP contribution in [0, 0.1) is 5.92 Å². The molecular formula is C31H44N6O6. The standard InChI is InChI=1S/C31H44N6O6/c1-20(2)17-26(29(42)35-23(19-38)9-6-16-34-31(32)33)37-28(41)25(15-12-21-7-4-3-5-8-21)36-30(43)27(40)18-22-10-13-24(39)14-11-22/h3-5,7-8,10-11,13-14,19-20,23,25-27,39-40H,6,9,12,15-18H2,1-2H3,(H,35,42)(H,36,43)(H,37,41)(H4,32,33,34)/t23-,25-,26-,27+/m0/s1. The Morgan fingerprint density at radius 1 is 0.860 bits per heavy atom. The van der Waals surface area contributed by atoms with E-state index in [0.717, 1.165) is 5.56 Å². The Hall–Kier alpha value is -4.45. The van der Waals surface area contributed by atoms with Crippen molar-refractivity contribution in [2.24, 2.45) is 22.4 Å². The van der Waals surface area contributed by atoms with Crippen LogP contribution in [0.3, 0.4) is 0 Å². The van der Waals surface area contributed by atoms with Gasteiger partial charge in [-0.15, -0.1) is 0 Å². The molecule has 0 aromatic heterocycles. The Morgan fingerprint density at radius 3 is 2.09 bits per heavy atom. The Balaban J connectivity index is 2.14. The summed E-state index contributed by atoms with van der Waals surface area (Å²) in [5, 5.41) is 28.1. The van der Waals surface area contributed by atoms with E-state index < -0.39 is 42.0 Å². The highest BCUT2D eigenvalue weighted by molar-refractivity contribution is 5.93. The Labute approximate surface area is 252 Å². The number of hydrogen-bond acceptors (Lipinski definition) is 7. The van der Waals surface area contributed by atoms with Gasteiger partial charge in [0.25, 0.3) is 0 Å². The monoisotopic (exact) mass is 596 g/mol. The Morgan fingerprint density at radius 2 is 1.49 bits per heavy atom. The smallest absolute Gasteiger partial charge is 0.249 e. The van der Waals surface area contributed by atoms with Crippen molar-refractivity contribution in [3.05, 3.63) is 65.7 Å². The van der Waals surface area contributed by atoms with E-state index in [1.54, 1.807) is 12.1 Å².